The van der Waals surface area contributed by atoms with Gasteiger partial charge in [-0.25, -0.2) is 5.01 Å². The molecular weight excluding hydrogens is 420 g/mol. The van der Waals surface area contributed by atoms with Gasteiger partial charge in [-0.1, -0.05) is 30.3 Å². The van der Waals surface area contributed by atoms with Crippen LogP contribution in [0.4, 0.5) is 0 Å². The molecule has 5 rings (SSSR count). The van der Waals surface area contributed by atoms with E-state index in [4.69, 9.17) is 4.74 Å². The fourth-order valence-electron chi connectivity index (χ4n) is 5.09. The lowest BCUT2D eigenvalue weighted by atomic mass is 9.82. The molecule has 1 aromatic heterocycles. The molecule has 0 spiro atoms. The maximum atomic E-state index is 13.4. The normalized spacial score (nSPS) is 19.3. The molecule has 3 aromatic rings. The minimum Gasteiger partial charge on any atom is -0.497 e. The average molecular weight is 447 g/mol. The van der Waals surface area contributed by atoms with Crippen LogP contribution in [-0.2, 0) is 32.8 Å². The minimum absolute atomic E-state index is 0.0917. The Labute approximate surface area is 191 Å². The van der Waals surface area contributed by atoms with E-state index < -0.39 is 11.6 Å². The number of nitrogens with zero attached hydrogens (tertiary/aromatic N) is 2. The number of fused-ring (bicyclic) bond motifs is 4. The number of carbonyl (C=O) groups is 3. The topological polar surface area (TPSA) is 94.7 Å². The summed E-state index contributed by atoms with van der Waals surface area (Å²) in [5.41, 5.74) is 5.75. The summed E-state index contributed by atoms with van der Waals surface area (Å²) in [6, 6.07) is 14.4. The molecule has 0 saturated carbocycles. The van der Waals surface area contributed by atoms with E-state index in [0.29, 0.717) is 12.2 Å². The van der Waals surface area contributed by atoms with Crippen LogP contribution in [0.1, 0.15) is 30.7 Å². The summed E-state index contributed by atoms with van der Waals surface area (Å²) < 4.78 is 5.14. The van der Waals surface area contributed by atoms with Crippen molar-refractivity contribution in [2.75, 3.05) is 13.7 Å². The monoisotopic (exact) mass is 446 g/mol. The summed E-state index contributed by atoms with van der Waals surface area (Å²) in [4.78, 5) is 44.4. The molecule has 1 saturated heterocycles. The zero-order chi connectivity index (χ0) is 23.3. The van der Waals surface area contributed by atoms with Crippen LogP contribution in [-0.4, -0.2) is 52.3 Å². The van der Waals surface area contributed by atoms with Gasteiger partial charge in [0.1, 0.15) is 18.3 Å². The fraction of sp³-hybridized carbons (Fsp3) is 0.320. The fourth-order valence-corrected chi connectivity index (χ4v) is 5.09. The highest BCUT2D eigenvalue weighted by atomic mass is 16.5. The van der Waals surface area contributed by atoms with Crippen molar-refractivity contribution in [3.63, 3.8) is 0 Å². The van der Waals surface area contributed by atoms with E-state index in [1.165, 1.54) is 5.01 Å². The summed E-state index contributed by atoms with van der Waals surface area (Å²) >= 11 is 0. The first kappa shape index (κ1) is 21.1. The number of piperazine rings is 1. The third-order valence-electron chi connectivity index (χ3n) is 6.63. The molecule has 8 heteroatoms. The molecule has 3 heterocycles. The van der Waals surface area contributed by atoms with E-state index in [1.807, 2.05) is 38.1 Å². The molecular formula is C25H26N4O4. The molecule has 1 atom stereocenters. The first-order chi connectivity index (χ1) is 15.8. The number of H-pyrrole nitrogens is 1. The standard InChI is InChI=1S/C25H26N4O4/c1-25(2)23-18(17-6-4-5-7-19(17)26-23)13-20-24(32)28(14-22(31)29(20)25)27-21(30)12-15-8-10-16(33-3)11-9-15/h4-11,20,26H,12-14H2,1-3H3,(H,27,30). The molecule has 0 aliphatic carbocycles. The predicted octanol–water partition coefficient (Wildman–Crippen LogP) is 2.28. The maximum absolute atomic E-state index is 13.4. The van der Waals surface area contributed by atoms with Gasteiger partial charge in [0.05, 0.1) is 19.1 Å². The van der Waals surface area contributed by atoms with E-state index in [0.717, 1.165) is 27.7 Å². The Hall–Kier alpha value is -3.81. The van der Waals surface area contributed by atoms with Gasteiger partial charge in [-0.05, 0) is 43.2 Å². The number of hydrazine groups is 1. The zero-order valence-electron chi connectivity index (χ0n) is 18.8. The number of rotatable bonds is 4. The van der Waals surface area contributed by atoms with Crippen molar-refractivity contribution in [3.8, 4) is 5.75 Å². The summed E-state index contributed by atoms with van der Waals surface area (Å²) in [5, 5.41) is 2.23. The number of amides is 3. The van der Waals surface area contributed by atoms with Crippen LogP contribution in [0.5, 0.6) is 5.75 Å². The van der Waals surface area contributed by atoms with Crippen LogP contribution >= 0.6 is 0 Å². The minimum atomic E-state index is -0.677. The molecule has 3 amide bonds. The summed E-state index contributed by atoms with van der Waals surface area (Å²) in [6.07, 6.45) is 0.493. The van der Waals surface area contributed by atoms with Crippen LogP contribution in [0.2, 0.25) is 0 Å². The van der Waals surface area contributed by atoms with Crippen molar-refractivity contribution < 1.29 is 19.1 Å². The summed E-state index contributed by atoms with van der Waals surface area (Å²) in [7, 11) is 1.58. The van der Waals surface area contributed by atoms with Gasteiger partial charge in [-0.15, -0.1) is 0 Å². The molecule has 2 N–H and O–H groups in total. The Balaban J connectivity index is 1.39. The molecule has 1 unspecified atom stereocenters. The second kappa shape index (κ2) is 7.65. The van der Waals surface area contributed by atoms with Gasteiger partial charge in [0.2, 0.25) is 11.8 Å². The van der Waals surface area contributed by atoms with Gasteiger partial charge >= 0.3 is 0 Å². The van der Waals surface area contributed by atoms with Crippen molar-refractivity contribution in [2.24, 2.45) is 0 Å². The highest BCUT2D eigenvalue weighted by molar-refractivity contribution is 5.98. The highest BCUT2D eigenvalue weighted by Gasteiger charge is 2.51. The average Bonchev–Trinajstić information content (AvgIpc) is 3.17. The Morgan fingerprint density at radius 1 is 1.15 bits per heavy atom. The van der Waals surface area contributed by atoms with E-state index in [1.54, 1.807) is 36.3 Å². The number of carbonyl (C=O) groups excluding carboxylic acids is 3. The number of ether oxygens (including phenoxy) is 1. The molecule has 2 aliphatic heterocycles. The third-order valence-corrected chi connectivity index (χ3v) is 6.63. The number of nitrogens with one attached hydrogen (secondary N) is 2. The lowest BCUT2D eigenvalue weighted by molar-refractivity contribution is -0.168. The van der Waals surface area contributed by atoms with Crippen molar-refractivity contribution in [2.45, 2.75) is 38.3 Å². The number of benzene rings is 2. The Morgan fingerprint density at radius 3 is 2.61 bits per heavy atom. The van der Waals surface area contributed by atoms with Crippen molar-refractivity contribution in [1.82, 2.24) is 20.3 Å². The van der Waals surface area contributed by atoms with Crippen molar-refractivity contribution >= 4 is 28.6 Å². The molecule has 33 heavy (non-hydrogen) atoms. The number of hydrogen-bond donors (Lipinski definition) is 2. The van der Waals surface area contributed by atoms with Crippen LogP contribution in [0.25, 0.3) is 10.9 Å². The number of para-hydroxylation sites is 1. The molecule has 2 aliphatic rings. The second-order valence-corrected chi connectivity index (χ2v) is 9.05. The largest absolute Gasteiger partial charge is 0.497 e. The summed E-state index contributed by atoms with van der Waals surface area (Å²) in [6.45, 7) is 3.72. The van der Waals surface area contributed by atoms with Crippen molar-refractivity contribution in [3.05, 3.63) is 65.4 Å². The van der Waals surface area contributed by atoms with E-state index in [-0.39, 0.29) is 30.7 Å². The molecule has 0 radical (unpaired) electrons. The molecule has 2 aromatic carbocycles. The smallest absolute Gasteiger partial charge is 0.264 e. The van der Waals surface area contributed by atoms with E-state index >= 15 is 0 Å². The SMILES string of the molecule is COc1ccc(CC(=O)NN2CC(=O)N3C(Cc4c([nH]c5ccccc45)C3(C)C)C2=O)cc1. The number of methoxy groups -OCH3 is 1. The first-order valence-electron chi connectivity index (χ1n) is 11.0. The molecule has 0 bridgehead atoms. The molecule has 170 valence electrons. The summed E-state index contributed by atoms with van der Waals surface area (Å²) in [5.74, 6) is -0.120. The molecule has 8 nitrogen and oxygen atoms in total. The Morgan fingerprint density at radius 2 is 1.88 bits per heavy atom. The highest BCUT2D eigenvalue weighted by Crippen LogP contribution is 2.42. The maximum Gasteiger partial charge on any atom is 0.264 e. The van der Waals surface area contributed by atoms with Gasteiger partial charge in [0.15, 0.2) is 0 Å². The Kier molecular flexibility index (Phi) is 4.88. The Bertz CT molecular complexity index is 1260. The van der Waals surface area contributed by atoms with Crippen LogP contribution in [0.15, 0.2) is 48.5 Å². The van der Waals surface area contributed by atoms with Gasteiger partial charge in [-0.3, -0.25) is 19.8 Å². The van der Waals surface area contributed by atoms with Gasteiger partial charge in [0, 0.05) is 23.0 Å². The van der Waals surface area contributed by atoms with Gasteiger partial charge in [0.25, 0.3) is 5.91 Å². The molecule has 1 fully saturated rings. The van der Waals surface area contributed by atoms with Crippen LogP contribution in [0.3, 0.4) is 0 Å². The van der Waals surface area contributed by atoms with Gasteiger partial charge in [-0.2, -0.15) is 0 Å². The zero-order valence-corrected chi connectivity index (χ0v) is 18.8. The van der Waals surface area contributed by atoms with Crippen LogP contribution < -0.4 is 10.2 Å². The lowest BCUT2D eigenvalue weighted by Gasteiger charge is -2.50. The third kappa shape index (κ3) is 3.42. The number of hydrogen-bond acceptors (Lipinski definition) is 4. The lowest BCUT2D eigenvalue weighted by Crippen LogP contribution is -2.69. The van der Waals surface area contributed by atoms with E-state index in [2.05, 4.69) is 10.4 Å². The van der Waals surface area contributed by atoms with Crippen LogP contribution in [0, 0.1) is 0 Å². The first-order valence-corrected chi connectivity index (χ1v) is 11.0. The van der Waals surface area contributed by atoms with Crippen molar-refractivity contribution in [1.29, 1.82) is 0 Å². The number of aromatic amines is 1. The van der Waals surface area contributed by atoms with Gasteiger partial charge < -0.3 is 14.6 Å². The second-order valence-electron chi connectivity index (χ2n) is 9.05. The quantitative estimate of drug-likeness (QED) is 0.643. The predicted molar refractivity (Wildman–Crippen MR) is 122 cm³/mol. The number of aromatic nitrogens is 1. The van der Waals surface area contributed by atoms with E-state index in [9.17, 15) is 14.4 Å².